The number of carbonyl (C=O) groups is 1. The van der Waals surface area contributed by atoms with Crippen LogP contribution in [0.5, 0.6) is 5.75 Å². The Kier molecular flexibility index (Phi) is 3.89. The smallest absolute Gasteiger partial charge is 0.342 e. The molecular formula is C18H13N3O4S. The lowest BCUT2D eigenvalue weighted by molar-refractivity contribution is 0.0468. The van der Waals surface area contributed by atoms with E-state index in [-0.39, 0.29) is 23.5 Å². The number of esters is 1. The van der Waals surface area contributed by atoms with Crippen LogP contribution in [0.4, 0.5) is 0 Å². The van der Waals surface area contributed by atoms with Gasteiger partial charge in [0, 0.05) is 11.8 Å². The lowest BCUT2D eigenvalue weighted by Gasteiger charge is -2.06. The number of benzene rings is 2. The first kappa shape index (κ1) is 16.2. The number of aromatic nitrogens is 3. The number of phenolic OH excluding ortho intramolecular Hbond substituents is 1. The molecule has 26 heavy (non-hydrogen) atoms. The first-order chi connectivity index (χ1) is 12.5. The zero-order valence-corrected chi connectivity index (χ0v) is 14.5. The van der Waals surface area contributed by atoms with E-state index in [1.165, 1.54) is 28.0 Å². The molecule has 0 atom stereocenters. The molecule has 7 nitrogen and oxygen atoms in total. The first-order valence-corrected chi connectivity index (χ1v) is 8.58. The van der Waals surface area contributed by atoms with Gasteiger partial charge in [0.05, 0.1) is 0 Å². The maximum atomic E-state index is 12.3. The fraction of sp³-hybridized carbons (Fsp3) is 0.111. The van der Waals surface area contributed by atoms with Crippen molar-refractivity contribution in [2.24, 2.45) is 0 Å². The Labute approximate surface area is 151 Å². The summed E-state index contributed by atoms with van der Waals surface area (Å²) in [4.78, 5) is 28.9. The molecule has 1 N–H and O–H groups in total. The number of phenols is 1. The molecule has 4 rings (SSSR count). The van der Waals surface area contributed by atoms with Gasteiger partial charge >= 0.3 is 5.97 Å². The molecule has 4 aromatic rings. The van der Waals surface area contributed by atoms with Crippen molar-refractivity contribution in [2.45, 2.75) is 13.5 Å². The van der Waals surface area contributed by atoms with Crippen LogP contribution in [0.15, 0.2) is 47.3 Å². The molecule has 8 heteroatoms. The van der Waals surface area contributed by atoms with Crippen LogP contribution in [0, 0.1) is 6.92 Å². The maximum absolute atomic E-state index is 12.3. The predicted octanol–water partition coefficient (Wildman–Crippen LogP) is 2.68. The Bertz CT molecular complexity index is 1210. The summed E-state index contributed by atoms with van der Waals surface area (Å²) in [6, 6.07) is 11.9. The molecule has 0 aliphatic rings. The van der Waals surface area contributed by atoms with Gasteiger partial charge in [-0.2, -0.15) is 9.61 Å². The quantitative estimate of drug-likeness (QED) is 0.560. The van der Waals surface area contributed by atoms with Gasteiger partial charge in [-0.05, 0) is 29.8 Å². The number of aryl methyl sites for hydroxylation is 1. The summed E-state index contributed by atoms with van der Waals surface area (Å²) in [6.07, 6.45) is 0. The highest BCUT2D eigenvalue weighted by Gasteiger charge is 2.16. The molecule has 2 aromatic heterocycles. The Hall–Kier alpha value is -3.26. The molecule has 0 amide bonds. The minimum atomic E-state index is -0.663. The monoisotopic (exact) mass is 367 g/mol. The third-order valence-corrected chi connectivity index (χ3v) is 4.71. The maximum Gasteiger partial charge on any atom is 0.342 e. The van der Waals surface area contributed by atoms with Crippen LogP contribution in [-0.2, 0) is 11.3 Å². The molecule has 0 aliphatic carbocycles. The number of rotatable bonds is 3. The van der Waals surface area contributed by atoms with Gasteiger partial charge in [0.2, 0.25) is 4.96 Å². The van der Waals surface area contributed by atoms with Gasteiger partial charge in [-0.3, -0.25) is 4.79 Å². The molecule has 0 saturated heterocycles. The first-order valence-electron chi connectivity index (χ1n) is 7.76. The summed E-state index contributed by atoms with van der Waals surface area (Å²) in [6.45, 7) is 1.61. The van der Waals surface area contributed by atoms with Crippen LogP contribution >= 0.6 is 11.3 Å². The van der Waals surface area contributed by atoms with Gasteiger partial charge in [-0.1, -0.05) is 35.6 Å². The third-order valence-electron chi connectivity index (χ3n) is 3.83. The average Bonchev–Trinajstić information content (AvgIpc) is 3.02. The lowest BCUT2D eigenvalue weighted by Crippen LogP contribution is -2.14. The van der Waals surface area contributed by atoms with E-state index in [0.717, 1.165) is 10.8 Å². The van der Waals surface area contributed by atoms with E-state index in [1.54, 1.807) is 13.0 Å². The van der Waals surface area contributed by atoms with E-state index >= 15 is 0 Å². The van der Waals surface area contributed by atoms with Crippen LogP contribution in [0.25, 0.3) is 15.7 Å². The molecular weight excluding hydrogens is 354 g/mol. The Balaban J connectivity index is 1.58. The van der Waals surface area contributed by atoms with Crippen molar-refractivity contribution in [3.63, 3.8) is 0 Å². The lowest BCUT2D eigenvalue weighted by atomic mass is 10.1. The molecule has 130 valence electrons. The summed E-state index contributed by atoms with van der Waals surface area (Å²) >= 11 is 1.17. The highest BCUT2D eigenvalue weighted by Crippen LogP contribution is 2.26. The SMILES string of the molecule is Cc1cc(=O)n2nc(COC(=O)c3cc4ccccc4cc3O)sc2n1. The molecule has 0 spiro atoms. The van der Waals surface area contributed by atoms with Crippen molar-refractivity contribution < 1.29 is 14.6 Å². The minimum absolute atomic E-state index is 0.0796. The molecule has 2 heterocycles. The largest absolute Gasteiger partial charge is 0.507 e. The highest BCUT2D eigenvalue weighted by atomic mass is 32.1. The Morgan fingerprint density at radius 3 is 2.73 bits per heavy atom. The van der Waals surface area contributed by atoms with E-state index < -0.39 is 5.97 Å². The number of ether oxygens (including phenoxy) is 1. The van der Waals surface area contributed by atoms with Gasteiger partial charge in [0.25, 0.3) is 5.56 Å². The van der Waals surface area contributed by atoms with Crippen LogP contribution in [0.1, 0.15) is 21.1 Å². The van der Waals surface area contributed by atoms with Gasteiger partial charge in [0.15, 0.2) is 5.01 Å². The van der Waals surface area contributed by atoms with Crippen molar-refractivity contribution in [1.82, 2.24) is 14.6 Å². The second-order valence-electron chi connectivity index (χ2n) is 5.72. The van der Waals surface area contributed by atoms with Crippen LogP contribution in [0.2, 0.25) is 0 Å². The van der Waals surface area contributed by atoms with E-state index in [0.29, 0.717) is 15.7 Å². The fourth-order valence-corrected chi connectivity index (χ4v) is 3.47. The predicted molar refractivity (Wildman–Crippen MR) is 96.6 cm³/mol. The molecule has 0 aliphatic heterocycles. The number of fused-ring (bicyclic) bond motifs is 2. The summed E-state index contributed by atoms with van der Waals surface area (Å²) in [5.74, 6) is -0.810. The summed E-state index contributed by atoms with van der Waals surface area (Å²) in [7, 11) is 0. The third kappa shape index (κ3) is 2.91. The molecule has 0 radical (unpaired) electrons. The highest BCUT2D eigenvalue weighted by molar-refractivity contribution is 7.16. The second kappa shape index (κ2) is 6.23. The molecule has 2 aromatic carbocycles. The second-order valence-corrected chi connectivity index (χ2v) is 6.76. The number of hydrogen-bond donors (Lipinski definition) is 1. The number of carbonyl (C=O) groups excluding carboxylic acids is 1. The fourth-order valence-electron chi connectivity index (χ4n) is 2.62. The van der Waals surface area contributed by atoms with Gasteiger partial charge in [-0.25, -0.2) is 9.78 Å². The van der Waals surface area contributed by atoms with Gasteiger partial charge in [-0.15, -0.1) is 0 Å². The molecule has 0 unspecified atom stereocenters. The normalized spacial score (nSPS) is 11.1. The van der Waals surface area contributed by atoms with Crippen molar-refractivity contribution in [3.8, 4) is 5.75 Å². The minimum Gasteiger partial charge on any atom is -0.507 e. The van der Waals surface area contributed by atoms with Crippen LogP contribution in [-0.4, -0.2) is 25.7 Å². The Morgan fingerprint density at radius 1 is 1.23 bits per heavy atom. The Morgan fingerprint density at radius 2 is 1.96 bits per heavy atom. The summed E-state index contributed by atoms with van der Waals surface area (Å²) in [5, 5.41) is 16.3. The van der Waals surface area contributed by atoms with Crippen LogP contribution in [0.3, 0.4) is 0 Å². The van der Waals surface area contributed by atoms with Crippen molar-refractivity contribution >= 4 is 33.0 Å². The van der Waals surface area contributed by atoms with E-state index in [4.69, 9.17) is 4.74 Å². The van der Waals surface area contributed by atoms with Crippen molar-refractivity contribution in [2.75, 3.05) is 0 Å². The molecule has 0 fully saturated rings. The summed E-state index contributed by atoms with van der Waals surface area (Å²) in [5.41, 5.74) is 0.396. The van der Waals surface area contributed by atoms with E-state index in [2.05, 4.69) is 10.1 Å². The number of aromatic hydroxyl groups is 1. The van der Waals surface area contributed by atoms with Gasteiger partial charge < -0.3 is 9.84 Å². The molecule has 0 bridgehead atoms. The zero-order valence-electron chi connectivity index (χ0n) is 13.7. The van der Waals surface area contributed by atoms with Crippen molar-refractivity contribution in [3.05, 3.63) is 69.1 Å². The topological polar surface area (TPSA) is 93.8 Å². The average molecular weight is 367 g/mol. The number of nitrogens with zero attached hydrogens (tertiary/aromatic N) is 3. The van der Waals surface area contributed by atoms with E-state index in [1.807, 2.05) is 24.3 Å². The zero-order chi connectivity index (χ0) is 18.3. The summed E-state index contributed by atoms with van der Waals surface area (Å²) < 4.78 is 6.42. The van der Waals surface area contributed by atoms with Crippen LogP contribution < -0.4 is 5.56 Å². The molecule has 0 saturated carbocycles. The number of hydrogen-bond acceptors (Lipinski definition) is 7. The standard InChI is InChI=1S/C18H13N3O4S/c1-10-6-16(23)21-18(19-10)26-15(20-21)9-25-17(24)13-7-11-4-2-3-5-12(11)8-14(13)22/h2-8,22H,9H2,1H3. The van der Waals surface area contributed by atoms with Gasteiger partial charge in [0.1, 0.15) is 17.9 Å². The van der Waals surface area contributed by atoms with E-state index in [9.17, 15) is 14.7 Å². The van der Waals surface area contributed by atoms with Crippen molar-refractivity contribution in [1.29, 1.82) is 0 Å².